The molecule has 4 heteroatoms. The normalized spacial score (nSPS) is 17.8. The number of fused-ring (bicyclic) bond motifs is 1. The SMILES string of the molecule is Cc1cccc2c1C(=O)N[C@H](c1ccccc1)C(=O)N2. The van der Waals surface area contributed by atoms with Crippen LogP contribution in [0.5, 0.6) is 0 Å². The molecule has 2 aromatic rings. The first-order valence-electron chi connectivity index (χ1n) is 6.43. The maximum Gasteiger partial charge on any atom is 0.254 e. The predicted molar refractivity (Wildman–Crippen MR) is 76.5 cm³/mol. The number of carbonyl (C=O) groups excluding carboxylic acids is 2. The van der Waals surface area contributed by atoms with E-state index in [1.165, 1.54) is 0 Å². The Morgan fingerprint density at radius 1 is 0.950 bits per heavy atom. The molecule has 0 bridgehead atoms. The molecule has 2 aromatic carbocycles. The highest BCUT2D eigenvalue weighted by Crippen LogP contribution is 2.26. The Balaban J connectivity index is 2.04. The summed E-state index contributed by atoms with van der Waals surface area (Å²) in [6.45, 7) is 1.85. The van der Waals surface area contributed by atoms with Crippen LogP contribution in [0, 0.1) is 6.92 Å². The van der Waals surface area contributed by atoms with Gasteiger partial charge in [-0.15, -0.1) is 0 Å². The Bertz CT molecular complexity index is 680. The lowest BCUT2D eigenvalue weighted by Gasteiger charge is -2.14. The largest absolute Gasteiger partial charge is 0.336 e. The van der Waals surface area contributed by atoms with Crippen molar-refractivity contribution in [3.05, 3.63) is 65.2 Å². The van der Waals surface area contributed by atoms with Gasteiger partial charge in [-0.3, -0.25) is 9.59 Å². The highest BCUT2D eigenvalue weighted by molar-refractivity contribution is 6.10. The molecule has 0 aliphatic carbocycles. The van der Waals surface area contributed by atoms with Crippen LogP contribution >= 0.6 is 0 Å². The molecule has 1 aliphatic heterocycles. The van der Waals surface area contributed by atoms with Crippen LogP contribution in [0.4, 0.5) is 5.69 Å². The molecule has 1 atom stereocenters. The van der Waals surface area contributed by atoms with Crippen LogP contribution in [0.2, 0.25) is 0 Å². The van der Waals surface area contributed by atoms with Gasteiger partial charge in [0.15, 0.2) is 0 Å². The van der Waals surface area contributed by atoms with Gasteiger partial charge >= 0.3 is 0 Å². The first-order chi connectivity index (χ1) is 9.66. The van der Waals surface area contributed by atoms with Gasteiger partial charge in [0, 0.05) is 0 Å². The maximum atomic E-state index is 12.4. The van der Waals surface area contributed by atoms with Crippen molar-refractivity contribution in [1.29, 1.82) is 0 Å². The Labute approximate surface area is 116 Å². The van der Waals surface area contributed by atoms with Crippen molar-refractivity contribution in [1.82, 2.24) is 5.32 Å². The molecular formula is C16H14N2O2. The van der Waals surface area contributed by atoms with Crippen LogP contribution in [-0.4, -0.2) is 11.8 Å². The van der Waals surface area contributed by atoms with Gasteiger partial charge in [0.25, 0.3) is 11.8 Å². The molecule has 1 aliphatic rings. The van der Waals surface area contributed by atoms with Gasteiger partial charge in [0.2, 0.25) is 0 Å². The quantitative estimate of drug-likeness (QED) is 0.832. The lowest BCUT2D eigenvalue weighted by atomic mass is 10.1. The molecule has 100 valence electrons. The summed E-state index contributed by atoms with van der Waals surface area (Å²) in [5.74, 6) is -0.459. The first-order valence-corrected chi connectivity index (χ1v) is 6.43. The highest BCUT2D eigenvalue weighted by Gasteiger charge is 2.29. The highest BCUT2D eigenvalue weighted by atomic mass is 16.2. The summed E-state index contributed by atoms with van der Waals surface area (Å²) in [7, 11) is 0. The standard InChI is InChI=1S/C16H14N2O2/c1-10-6-5-9-12-13(10)15(19)18-14(16(20)17-12)11-7-3-2-4-8-11/h2-9,14H,1H3,(H,17,20)(H,18,19)/t14-/m1/s1. The molecule has 0 saturated carbocycles. The molecule has 4 nitrogen and oxygen atoms in total. The van der Waals surface area contributed by atoms with Gasteiger partial charge in [0.1, 0.15) is 6.04 Å². The van der Waals surface area contributed by atoms with E-state index in [4.69, 9.17) is 0 Å². The van der Waals surface area contributed by atoms with E-state index in [0.717, 1.165) is 11.1 Å². The fraction of sp³-hybridized carbons (Fsp3) is 0.125. The lowest BCUT2D eigenvalue weighted by molar-refractivity contribution is -0.118. The minimum absolute atomic E-state index is 0.228. The molecule has 3 rings (SSSR count). The topological polar surface area (TPSA) is 58.2 Å². The Morgan fingerprint density at radius 3 is 2.45 bits per heavy atom. The molecule has 0 unspecified atom stereocenters. The Hall–Kier alpha value is -2.62. The summed E-state index contributed by atoms with van der Waals surface area (Å²) < 4.78 is 0. The third-order valence-electron chi connectivity index (χ3n) is 3.43. The molecule has 0 aromatic heterocycles. The van der Waals surface area contributed by atoms with Crippen molar-refractivity contribution in [3.63, 3.8) is 0 Å². The summed E-state index contributed by atoms with van der Waals surface area (Å²) in [6, 6.07) is 14.0. The van der Waals surface area contributed by atoms with Gasteiger partial charge in [0.05, 0.1) is 11.3 Å². The molecular weight excluding hydrogens is 252 g/mol. The number of aryl methyl sites for hydroxylation is 1. The van der Waals surface area contributed by atoms with Gasteiger partial charge in [-0.05, 0) is 24.1 Å². The van der Waals surface area contributed by atoms with Gasteiger partial charge < -0.3 is 10.6 Å². The summed E-state index contributed by atoms with van der Waals surface area (Å²) in [5.41, 5.74) is 2.70. The number of carbonyl (C=O) groups is 2. The van der Waals surface area contributed by atoms with E-state index in [2.05, 4.69) is 10.6 Å². The number of benzene rings is 2. The van der Waals surface area contributed by atoms with Crippen molar-refractivity contribution >= 4 is 17.5 Å². The molecule has 1 heterocycles. The molecule has 2 amide bonds. The van der Waals surface area contributed by atoms with E-state index in [9.17, 15) is 9.59 Å². The van der Waals surface area contributed by atoms with Gasteiger partial charge in [-0.2, -0.15) is 0 Å². The molecule has 0 fully saturated rings. The number of hydrogen-bond donors (Lipinski definition) is 2. The van der Waals surface area contributed by atoms with Gasteiger partial charge in [-0.25, -0.2) is 0 Å². The molecule has 0 saturated heterocycles. The molecule has 2 N–H and O–H groups in total. The summed E-state index contributed by atoms with van der Waals surface area (Å²) >= 11 is 0. The second-order valence-electron chi connectivity index (χ2n) is 4.80. The minimum atomic E-state index is -0.671. The van der Waals surface area contributed by atoms with Crippen LogP contribution in [0.25, 0.3) is 0 Å². The number of nitrogens with one attached hydrogen (secondary N) is 2. The lowest BCUT2D eigenvalue weighted by Crippen LogP contribution is -2.33. The monoisotopic (exact) mass is 266 g/mol. The van der Waals surface area contributed by atoms with E-state index < -0.39 is 6.04 Å². The van der Waals surface area contributed by atoms with Crippen molar-refractivity contribution < 1.29 is 9.59 Å². The van der Waals surface area contributed by atoms with Crippen LogP contribution in [0.3, 0.4) is 0 Å². The summed E-state index contributed by atoms with van der Waals surface area (Å²) in [6.07, 6.45) is 0. The van der Waals surface area contributed by atoms with Crippen LogP contribution < -0.4 is 10.6 Å². The smallest absolute Gasteiger partial charge is 0.254 e. The van der Waals surface area contributed by atoms with Crippen LogP contribution in [-0.2, 0) is 4.79 Å². The zero-order valence-corrected chi connectivity index (χ0v) is 11.0. The van der Waals surface area contributed by atoms with Gasteiger partial charge in [-0.1, -0.05) is 42.5 Å². The van der Waals surface area contributed by atoms with Crippen molar-refractivity contribution in [2.24, 2.45) is 0 Å². The fourth-order valence-electron chi connectivity index (χ4n) is 2.43. The summed E-state index contributed by atoms with van der Waals surface area (Å²) in [5, 5.41) is 5.61. The van der Waals surface area contributed by atoms with Crippen molar-refractivity contribution in [3.8, 4) is 0 Å². The average Bonchev–Trinajstić information content (AvgIpc) is 2.57. The number of anilines is 1. The van der Waals surface area contributed by atoms with E-state index in [0.29, 0.717) is 11.3 Å². The maximum absolute atomic E-state index is 12.4. The number of rotatable bonds is 1. The van der Waals surface area contributed by atoms with Crippen molar-refractivity contribution in [2.75, 3.05) is 5.32 Å². The van der Waals surface area contributed by atoms with E-state index >= 15 is 0 Å². The third-order valence-corrected chi connectivity index (χ3v) is 3.43. The number of amides is 2. The molecule has 0 spiro atoms. The van der Waals surface area contributed by atoms with E-state index in [1.807, 2.05) is 49.4 Å². The van der Waals surface area contributed by atoms with E-state index in [1.54, 1.807) is 6.07 Å². The zero-order chi connectivity index (χ0) is 14.1. The number of hydrogen-bond acceptors (Lipinski definition) is 2. The van der Waals surface area contributed by atoms with Crippen LogP contribution in [0.1, 0.15) is 27.5 Å². The van der Waals surface area contributed by atoms with Crippen LogP contribution in [0.15, 0.2) is 48.5 Å². The fourth-order valence-corrected chi connectivity index (χ4v) is 2.43. The molecule has 0 radical (unpaired) electrons. The third kappa shape index (κ3) is 2.05. The first kappa shape index (κ1) is 12.4. The Morgan fingerprint density at radius 2 is 1.70 bits per heavy atom. The zero-order valence-electron chi connectivity index (χ0n) is 11.0. The second kappa shape index (κ2) is 4.81. The molecule has 20 heavy (non-hydrogen) atoms. The predicted octanol–water partition coefficient (Wildman–Crippen LogP) is 2.42. The second-order valence-corrected chi connectivity index (χ2v) is 4.80. The summed E-state index contributed by atoms with van der Waals surface area (Å²) in [4.78, 5) is 24.7. The average molecular weight is 266 g/mol. The van der Waals surface area contributed by atoms with E-state index in [-0.39, 0.29) is 11.8 Å². The minimum Gasteiger partial charge on any atom is -0.336 e. The van der Waals surface area contributed by atoms with Crippen molar-refractivity contribution in [2.45, 2.75) is 13.0 Å². The Kier molecular flexibility index (Phi) is 2.99.